The van der Waals surface area contributed by atoms with Crippen LogP contribution in [0.2, 0.25) is 0 Å². The van der Waals surface area contributed by atoms with Gasteiger partial charge in [-0.1, -0.05) is 12.1 Å². The standard InChI is InChI=1S/C13H17NO4S/c1-10(2)14(3)19(17,18)12-7-4-11(5-8-12)6-9-13(15)16/h4-10H,1-3H3,(H,15,16)/b9-6+. The van der Waals surface area contributed by atoms with E-state index in [-0.39, 0.29) is 10.9 Å². The summed E-state index contributed by atoms with van der Waals surface area (Å²) in [4.78, 5) is 10.6. The maximum Gasteiger partial charge on any atom is 0.328 e. The maximum absolute atomic E-state index is 12.2. The van der Waals surface area contributed by atoms with E-state index in [1.165, 1.54) is 29.6 Å². The van der Waals surface area contributed by atoms with E-state index in [4.69, 9.17) is 5.11 Å². The largest absolute Gasteiger partial charge is 0.478 e. The van der Waals surface area contributed by atoms with Gasteiger partial charge in [-0.25, -0.2) is 13.2 Å². The second-order valence-electron chi connectivity index (χ2n) is 4.36. The van der Waals surface area contributed by atoms with Gasteiger partial charge in [0.25, 0.3) is 0 Å². The molecular formula is C13H17NO4S. The van der Waals surface area contributed by atoms with Crippen LogP contribution in [0, 0.1) is 0 Å². The van der Waals surface area contributed by atoms with E-state index in [1.54, 1.807) is 26.0 Å². The molecule has 0 saturated carbocycles. The highest BCUT2D eigenvalue weighted by molar-refractivity contribution is 7.89. The van der Waals surface area contributed by atoms with Crippen LogP contribution in [-0.2, 0) is 14.8 Å². The fourth-order valence-electron chi connectivity index (χ4n) is 1.36. The molecule has 0 bridgehead atoms. The molecule has 0 heterocycles. The molecule has 5 nitrogen and oxygen atoms in total. The summed E-state index contributed by atoms with van der Waals surface area (Å²) in [6.07, 6.45) is 2.41. The molecule has 6 heteroatoms. The number of nitrogens with zero attached hydrogens (tertiary/aromatic N) is 1. The summed E-state index contributed by atoms with van der Waals surface area (Å²) in [6.45, 7) is 3.59. The van der Waals surface area contributed by atoms with Crippen LogP contribution in [0.3, 0.4) is 0 Å². The Morgan fingerprint density at radius 3 is 2.21 bits per heavy atom. The molecule has 1 N–H and O–H groups in total. The molecule has 19 heavy (non-hydrogen) atoms. The molecule has 0 fully saturated rings. The molecule has 0 unspecified atom stereocenters. The lowest BCUT2D eigenvalue weighted by Gasteiger charge is -2.20. The first kappa shape index (κ1) is 15.4. The third-order valence-electron chi connectivity index (χ3n) is 2.70. The van der Waals surface area contributed by atoms with Crippen LogP contribution < -0.4 is 0 Å². The third-order valence-corrected chi connectivity index (χ3v) is 4.75. The van der Waals surface area contributed by atoms with Crippen LogP contribution in [0.1, 0.15) is 19.4 Å². The summed E-state index contributed by atoms with van der Waals surface area (Å²) in [7, 11) is -1.97. The molecule has 0 aliphatic rings. The Balaban J connectivity index is 3.02. The third kappa shape index (κ3) is 3.90. The van der Waals surface area contributed by atoms with Crippen molar-refractivity contribution in [3.63, 3.8) is 0 Å². The number of aliphatic carboxylic acids is 1. The Labute approximate surface area is 113 Å². The van der Waals surface area contributed by atoms with Gasteiger partial charge in [-0.2, -0.15) is 4.31 Å². The first-order chi connectivity index (χ1) is 8.75. The van der Waals surface area contributed by atoms with Gasteiger partial charge in [-0.15, -0.1) is 0 Å². The number of sulfonamides is 1. The highest BCUT2D eigenvalue weighted by Gasteiger charge is 2.22. The molecular weight excluding hydrogens is 266 g/mol. The molecule has 0 aromatic heterocycles. The minimum atomic E-state index is -3.49. The second kappa shape index (κ2) is 5.99. The summed E-state index contributed by atoms with van der Waals surface area (Å²) in [6, 6.07) is 5.95. The van der Waals surface area contributed by atoms with Gasteiger partial charge in [0.1, 0.15) is 0 Å². The number of carboxylic acid groups (broad SMARTS) is 1. The zero-order chi connectivity index (χ0) is 14.6. The molecule has 0 radical (unpaired) electrons. The van der Waals surface area contributed by atoms with Crippen molar-refractivity contribution in [3.05, 3.63) is 35.9 Å². The molecule has 0 amide bonds. The zero-order valence-electron chi connectivity index (χ0n) is 11.1. The lowest BCUT2D eigenvalue weighted by molar-refractivity contribution is -0.131. The normalized spacial score (nSPS) is 12.5. The first-order valence-corrected chi connectivity index (χ1v) is 7.18. The van der Waals surface area contributed by atoms with E-state index in [0.29, 0.717) is 5.56 Å². The quantitative estimate of drug-likeness (QED) is 0.836. The number of hydrogen-bond acceptors (Lipinski definition) is 3. The first-order valence-electron chi connectivity index (χ1n) is 5.74. The Bertz CT molecular complexity index is 573. The number of rotatable bonds is 5. The Morgan fingerprint density at radius 2 is 1.79 bits per heavy atom. The molecule has 104 valence electrons. The average Bonchev–Trinajstić information content (AvgIpc) is 2.35. The average molecular weight is 283 g/mol. The lowest BCUT2D eigenvalue weighted by atomic mass is 10.2. The van der Waals surface area contributed by atoms with Gasteiger partial charge in [0, 0.05) is 19.2 Å². The number of hydrogen-bond donors (Lipinski definition) is 1. The van der Waals surface area contributed by atoms with Crippen molar-refractivity contribution in [1.82, 2.24) is 4.31 Å². The van der Waals surface area contributed by atoms with Gasteiger partial charge in [0.15, 0.2) is 0 Å². The predicted molar refractivity (Wildman–Crippen MR) is 73.2 cm³/mol. The minimum absolute atomic E-state index is 0.128. The molecule has 0 saturated heterocycles. The minimum Gasteiger partial charge on any atom is -0.478 e. The number of benzene rings is 1. The lowest BCUT2D eigenvalue weighted by Crippen LogP contribution is -2.32. The van der Waals surface area contributed by atoms with E-state index >= 15 is 0 Å². The van der Waals surface area contributed by atoms with Crippen LogP contribution in [0.4, 0.5) is 0 Å². The van der Waals surface area contributed by atoms with Crippen LogP contribution in [-0.4, -0.2) is 36.9 Å². The molecule has 0 aliphatic heterocycles. The van der Waals surface area contributed by atoms with Crippen LogP contribution >= 0.6 is 0 Å². The van der Waals surface area contributed by atoms with Crippen molar-refractivity contribution in [3.8, 4) is 0 Å². The summed E-state index contributed by atoms with van der Waals surface area (Å²) in [5.74, 6) is -1.05. The number of carbonyl (C=O) groups is 1. The van der Waals surface area contributed by atoms with Gasteiger partial charge in [-0.05, 0) is 37.6 Å². The van der Waals surface area contributed by atoms with E-state index in [9.17, 15) is 13.2 Å². The molecule has 1 aromatic carbocycles. The van der Waals surface area contributed by atoms with Gasteiger partial charge in [-0.3, -0.25) is 0 Å². The van der Waals surface area contributed by atoms with Crippen molar-refractivity contribution in [1.29, 1.82) is 0 Å². The fourth-order valence-corrected chi connectivity index (χ4v) is 2.73. The van der Waals surface area contributed by atoms with Crippen molar-refractivity contribution in [2.45, 2.75) is 24.8 Å². The van der Waals surface area contributed by atoms with Crippen LogP contribution in [0.25, 0.3) is 6.08 Å². The van der Waals surface area contributed by atoms with Gasteiger partial charge < -0.3 is 5.11 Å². The van der Waals surface area contributed by atoms with E-state index in [1.807, 2.05) is 0 Å². The predicted octanol–water partition coefficient (Wildman–Crippen LogP) is 1.81. The van der Waals surface area contributed by atoms with Crippen molar-refractivity contribution < 1.29 is 18.3 Å². The highest BCUT2D eigenvalue weighted by Crippen LogP contribution is 2.17. The molecule has 0 atom stereocenters. The molecule has 0 aliphatic carbocycles. The van der Waals surface area contributed by atoms with Gasteiger partial charge in [0.05, 0.1) is 4.90 Å². The molecule has 1 aromatic rings. The van der Waals surface area contributed by atoms with Crippen LogP contribution in [0.15, 0.2) is 35.2 Å². The highest BCUT2D eigenvalue weighted by atomic mass is 32.2. The summed E-state index contributed by atoms with van der Waals surface area (Å²) in [5.41, 5.74) is 0.633. The number of carboxylic acids is 1. The zero-order valence-corrected chi connectivity index (χ0v) is 11.9. The Hall–Kier alpha value is -1.66. The fraction of sp³-hybridized carbons (Fsp3) is 0.308. The van der Waals surface area contributed by atoms with Crippen LogP contribution in [0.5, 0.6) is 0 Å². The summed E-state index contributed by atoms with van der Waals surface area (Å²) >= 11 is 0. The Morgan fingerprint density at radius 1 is 1.26 bits per heavy atom. The second-order valence-corrected chi connectivity index (χ2v) is 6.35. The van der Waals surface area contributed by atoms with Crippen molar-refractivity contribution in [2.24, 2.45) is 0 Å². The molecule has 1 rings (SSSR count). The summed E-state index contributed by atoms with van der Waals surface area (Å²) in [5, 5.41) is 8.50. The maximum atomic E-state index is 12.2. The Kier molecular flexibility index (Phi) is 4.85. The summed E-state index contributed by atoms with van der Waals surface area (Å²) < 4.78 is 25.6. The topological polar surface area (TPSA) is 74.7 Å². The van der Waals surface area contributed by atoms with Gasteiger partial charge in [0.2, 0.25) is 10.0 Å². The monoisotopic (exact) mass is 283 g/mol. The smallest absolute Gasteiger partial charge is 0.328 e. The van der Waals surface area contributed by atoms with E-state index in [2.05, 4.69) is 0 Å². The van der Waals surface area contributed by atoms with E-state index < -0.39 is 16.0 Å². The SMILES string of the molecule is CC(C)N(C)S(=O)(=O)c1ccc(/C=C/C(=O)O)cc1. The van der Waals surface area contributed by atoms with Gasteiger partial charge >= 0.3 is 5.97 Å². The van der Waals surface area contributed by atoms with Crippen molar-refractivity contribution >= 4 is 22.1 Å². The molecule has 0 spiro atoms. The van der Waals surface area contributed by atoms with E-state index in [0.717, 1.165) is 6.08 Å². The van der Waals surface area contributed by atoms with Crippen molar-refractivity contribution in [2.75, 3.05) is 7.05 Å².